The van der Waals surface area contributed by atoms with Gasteiger partial charge in [0.15, 0.2) is 0 Å². The van der Waals surface area contributed by atoms with Crippen molar-refractivity contribution in [3.05, 3.63) is 65.7 Å². The summed E-state index contributed by atoms with van der Waals surface area (Å²) in [5.74, 6) is -0.792. The van der Waals surface area contributed by atoms with E-state index < -0.39 is 36.0 Å². The Bertz CT molecular complexity index is 1040. The number of nitrogens with one attached hydrogen (secondary N) is 3. The zero-order chi connectivity index (χ0) is 28.1. The predicted molar refractivity (Wildman–Crippen MR) is 144 cm³/mol. The van der Waals surface area contributed by atoms with Gasteiger partial charge in [0.1, 0.15) is 24.4 Å². The zero-order valence-electron chi connectivity index (χ0n) is 22.4. The third-order valence-corrected chi connectivity index (χ3v) is 5.70. The number of carbonyl (C=O) groups excluding carboxylic acids is 4. The average Bonchev–Trinajstić information content (AvgIpc) is 2.87. The molecule has 0 fully saturated rings. The first kappa shape index (κ1) is 30.3. The number of hydrogen-bond donors (Lipinski definition) is 4. The summed E-state index contributed by atoms with van der Waals surface area (Å²) >= 11 is 0. The molecule has 0 aromatic heterocycles. The molecule has 2 rings (SSSR count). The van der Waals surface area contributed by atoms with Gasteiger partial charge in [0, 0.05) is 6.42 Å². The molecule has 2 aromatic carbocycles. The Balaban J connectivity index is 2.04. The Hall–Kier alpha value is -3.88. The van der Waals surface area contributed by atoms with Crippen LogP contribution >= 0.6 is 0 Å². The lowest BCUT2D eigenvalue weighted by Gasteiger charge is -2.25. The fourth-order valence-corrected chi connectivity index (χ4v) is 3.85. The highest BCUT2D eigenvalue weighted by atomic mass is 16.5. The number of carbonyl (C=O) groups is 3. The van der Waals surface area contributed by atoms with Crippen molar-refractivity contribution in [2.24, 2.45) is 11.8 Å². The van der Waals surface area contributed by atoms with Crippen molar-refractivity contribution in [3.8, 4) is 5.75 Å². The summed E-state index contributed by atoms with van der Waals surface area (Å²) in [5.41, 5.74) is 1.55. The van der Waals surface area contributed by atoms with E-state index >= 15 is 0 Å². The van der Waals surface area contributed by atoms with Crippen LogP contribution in [0.3, 0.4) is 0 Å². The van der Waals surface area contributed by atoms with Crippen LogP contribution in [-0.2, 0) is 32.1 Å². The molecule has 1 radical (unpaired) electrons. The Labute approximate surface area is 224 Å². The number of phenolic OH excluding ortho intramolecular Hbond substituents is 1. The largest absolute Gasteiger partial charge is 0.508 e. The van der Waals surface area contributed by atoms with E-state index in [4.69, 9.17) is 4.74 Å². The van der Waals surface area contributed by atoms with Crippen molar-refractivity contribution in [2.75, 3.05) is 0 Å². The van der Waals surface area contributed by atoms with Gasteiger partial charge in [-0.1, -0.05) is 70.2 Å². The Morgan fingerprint density at radius 3 is 1.89 bits per heavy atom. The maximum Gasteiger partial charge on any atom is 0.408 e. The molecule has 0 bridgehead atoms. The number of ether oxygens (including phenoxy) is 1. The van der Waals surface area contributed by atoms with Gasteiger partial charge < -0.3 is 25.8 Å². The Kier molecular flexibility index (Phi) is 12.3. The lowest BCUT2D eigenvalue weighted by atomic mass is 9.99. The van der Waals surface area contributed by atoms with E-state index in [1.165, 1.54) is 12.1 Å². The fourth-order valence-electron chi connectivity index (χ4n) is 3.85. The Morgan fingerprint density at radius 1 is 0.789 bits per heavy atom. The van der Waals surface area contributed by atoms with Gasteiger partial charge in [-0.05, 0) is 47.9 Å². The van der Waals surface area contributed by atoms with Crippen LogP contribution < -0.4 is 16.0 Å². The number of rotatable bonds is 14. The van der Waals surface area contributed by atoms with Crippen LogP contribution in [0.2, 0.25) is 0 Å². The predicted octanol–water partition coefficient (Wildman–Crippen LogP) is 3.40. The molecule has 38 heavy (non-hydrogen) atoms. The summed E-state index contributed by atoms with van der Waals surface area (Å²) in [4.78, 5) is 50.3. The van der Waals surface area contributed by atoms with Crippen LogP contribution in [-0.4, -0.2) is 47.4 Å². The molecule has 9 nitrogen and oxygen atoms in total. The monoisotopic (exact) mass is 524 g/mol. The van der Waals surface area contributed by atoms with Crippen molar-refractivity contribution in [1.82, 2.24) is 16.0 Å². The minimum absolute atomic E-state index is 0.0612. The van der Waals surface area contributed by atoms with E-state index in [1.807, 2.05) is 64.3 Å². The molecular formula is C29H38N3O6. The average molecular weight is 525 g/mol. The Morgan fingerprint density at radius 2 is 1.34 bits per heavy atom. The molecule has 205 valence electrons. The van der Waals surface area contributed by atoms with E-state index in [-0.39, 0.29) is 30.6 Å². The molecule has 0 spiro atoms. The summed E-state index contributed by atoms with van der Waals surface area (Å²) in [7, 11) is 0. The SMILES string of the molecule is CC(C)CC(NC(=O)OCc1ccccc1)C(=O)NC(CC(C)C)C(=O)NC([C]=O)Cc1ccc(O)cc1. The molecule has 9 heteroatoms. The van der Waals surface area contributed by atoms with Crippen molar-refractivity contribution < 1.29 is 29.0 Å². The van der Waals surface area contributed by atoms with Crippen LogP contribution in [0.1, 0.15) is 51.7 Å². The van der Waals surface area contributed by atoms with Crippen LogP contribution in [0, 0.1) is 11.8 Å². The van der Waals surface area contributed by atoms with Crippen molar-refractivity contribution in [2.45, 2.75) is 71.7 Å². The summed E-state index contributed by atoms with van der Waals surface area (Å²) in [6, 6.07) is 12.7. The second-order valence-corrected chi connectivity index (χ2v) is 10.1. The van der Waals surface area contributed by atoms with Gasteiger partial charge in [0.25, 0.3) is 0 Å². The molecule has 2 aromatic rings. The van der Waals surface area contributed by atoms with E-state index in [9.17, 15) is 24.3 Å². The second-order valence-electron chi connectivity index (χ2n) is 10.1. The molecule has 4 N–H and O–H groups in total. The molecule has 3 amide bonds. The normalized spacial score (nSPS) is 13.3. The van der Waals surface area contributed by atoms with E-state index in [2.05, 4.69) is 16.0 Å². The number of phenols is 1. The van der Waals surface area contributed by atoms with Gasteiger partial charge in [-0.2, -0.15) is 0 Å². The first-order chi connectivity index (χ1) is 18.1. The van der Waals surface area contributed by atoms with Crippen LogP contribution in [0.25, 0.3) is 0 Å². The van der Waals surface area contributed by atoms with E-state index in [0.717, 1.165) is 11.1 Å². The van der Waals surface area contributed by atoms with E-state index in [1.54, 1.807) is 12.1 Å². The molecule has 0 saturated heterocycles. The van der Waals surface area contributed by atoms with Gasteiger partial charge in [-0.15, -0.1) is 0 Å². The highest BCUT2D eigenvalue weighted by Gasteiger charge is 2.29. The molecule has 3 unspecified atom stereocenters. The highest BCUT2D eigenvalue weighted by molar-refractivity contribution is 5.92. The molecule has 0 aliphatic rings. The smallest absolute Gasteiger partial charge is 0.408 e. The third-order valence-electron chi connectivity index (χ3n) is 5.70. The maximum atomic E-state index is 13.2. The van der Waals surface area contributed by atoms with Crippen molar-refractivity contribution >= 4 is 24.2 Å². The van der Waals surface area contributed by atoms with Gasteiger partial charge in [-0.3, -0.25) is 14.4 Å². The minimum atomic E-state index is -0.934. The standard InChI is InChI=1S/C29H38N3O6/c1-19(2)14-25(27(35)30-23(17-33)16-21-10-12-24(34)13-11-21)31-28(36)26(15-20(3)4)32-29(37)38-18-22-8-6-5-7-9-22/h5-13,19-20,23,25-26,34H,14-16,18H2,1-4H3,(H,30,35)(H,31,36)(H,32,37). The van der Waals surface area contributed by atoms with Gasteiger partial charge >= 0.3 is 6.09 Å². The van der Waals surface area contributed by atoms with Gasteiger partial charge in [-0.25, -0.2) is 4.79 Å². The molecule has 3 atom stereocenters. The minimum Gasteiger partial charge on any atom is -0.508 e. The number of alkyl carbamates (subject to hydrolysis) is 1. The fraction of sp³-hybridized carbons (Fsp3) is 0.448. The summed E-state index contributed by atoms with van der Waals surface area (Å²) in [6.45, 7) is 7.73. The van der Waals surface area contributed by atoms with Gasteiger partial charge in [0.2, 0.25) is 18.1 Å². The quantitative estimate of drug-likeness (QED) is 0.299. The van der Waals surface area contributed by atoms with Crippen molar-refractivity contribution in [3.63, 3.8) is 0 Å². The molecule has 0 saturated carbocycles. The summed E-state index contributed by atoms with van der Waals surface area (Å²) < 4.78 is 5.27. The number of aromatic hydroxyl groups is 1. The maximum absolute atomic E-state index is 13.2. The second kappa shape index (κ2) is 15.4. The van der Waals surface area contributed by atoms with Crippen LogP contribution in [0.4, 0.5) is 4.79 Å². The summed E-state index contributed by atoms with van der Waals surface area (Å²) in [6.07, 6.45) is 1.95. The first-order valence-electron chi connectivity index (χ1n) is 12.8. The third kappa shape index (κ3) is 11.0. The molecule has 0 aliphatic carbocycles. The lowest BCUT2D eigenvalue weighted by molar-refractivity contribution is -0.130. The lowest BCUT2D eigenvalue weighted by Crippen LogP contribution is -2.55. The molecular weight excluding hydrogens is 486 g/mol. The number of hydrogen-bond acceptors (Lipinski definition) is 6. The highest BCUT2D eigenvalue weighted by Crippen LogP contribution is 2.13. The van der Waals surface area contributed by atoms with Crippen LogP contribution in [0.5, 0.6) is 5.75 Å². The van der Waals surface area contributed by atoms with Crippen molar-refractivity contribution in [1.29, 1.82) is 0 Å². The zero-order valence-corrected chi connectivity index (χ0v) is 22.4. The molecule has 0 heterocycles. The first-order valence-corrected chi connectivity index (χ1v) is 12.8. The van der Waals surface area contributed by atoms with Gasteiger partial charge in [0.05, 0.1) is 6.04 Å². The van der Waals surface area contributed by atoms with Crippen LogP contribution in [0.15, 0.2) is 54.6 Å². The number of benzene rings is 2. The summed E-state index contributed by atoms with van der Waals surface area (Å²) in [5, 5.41) is 17.5. The van der Waals surface area contributed by atoms with E-state index in [0.29, 0.717) is 12.8 Å². The number of amides is 3. The topological polar surface area (TPSA) is 134 Å². The molecule has 0 aliphatic heterocycles.